The zero-order valence-corrected chi connectivity index (χ0v) is 62.9. The molecule has 0 radical (unpaired) electrons. The minimum absolute atomic E-state index is 0. The number of benzene rings is 10. The molecule has 12 rings (SSSR count). The van der Waals surface area contributed by atoms with Crippen molar-refractivity contribution in [2.75, 3.05) is 13.1 Å². The largest absolute Gasteiger partial charge is 0.295 e. The Balaban J connectivity index is 0.000000175. The number of hydrogen-bond acceptors (Lipinski definition) is 2. The Morgan fingerprint density at radius 1 is 0.383 bits per heavy atom. The van der Waals surface area contributed by atoms with Crippen molar-refractivity contribution in [2.24, 2.45) is 0 Å². The normalized spacial score (nSPS) is 16.2. The number of rotatable bonds is 19. The molecular formula is C81H89F4I2N2P5. The van der Waals surface area contributed by atoms with E-state index in [0.29, 0.717) is 43.9 Å². The molecule has 2 fully saturated rings. The molecule has 0 unspecified atom stereocenters. The van der Waals surface area contributed by atoms with E-state index >= 15 is 8.78 Å². The summed E-state index contributed by atoms with van der Waals surface area (Å²) in [6.07, 6.45) is 9.34. The fraction of sp³-hybridized carbons (Fsp3) is 0.259. The highest BCUT2D eigenvalue weighted by atomic mass is 127. The summed E-state index contributed by atoms with van der Waals surface area (Å²) in [7, 11) is -2.42. The molecule has 490 valence electrons. The van der Waals surface area contributed by atoms with Crippen LogP contribution in [0.25, 0.3) is 0 Å². The summed E-state index contributed by atoms with van der Waals surface area (Å²) < 4.78 is 60.9. The van der Waals surface area contributed by atoms with Gasteiger partial charge in [0.05, 0.1) is 0 Å². The van der Waals surface area contributed by atoms with E-state index in [2.05, 4.69) is 253 Å². The van der Waals surface area contributed by atoms with Crippen LogP contribution in [0.15, 0.2) is 255 Å². The van der Waals surface area contributed by atoms with Gasteiger partial charge in [0.15, 0.2) is 0 Å². The van der Waals surface area contributed by atoms with Gasteiger partial charge in [-0.15, -0.1) is 0 Å². The predicted octanol–water partition coefficient (Wildman–Crippen LogP) is 24.2. The molecule has 10 aromatic carbocycles. The van der Waals surface area contributed by atoms with E-state index in [0.717, 1.165) is 38.8 Å². The van der Waals surface area contributed by atoms with Gasteiger partial charge in [-0.1, -0.05) is 275 Å². The van der Waals surface area contributed by atoms with Gasteiger partial charge in [-0.3, -0.25) is 9.53 Å². The van der Waals surface area contributed by atoms with Crippen LogP contribution >= 0.6 is 79.4 Å². The number of hydrogen-bond donors (Lipinski definition) is 1. The Morgan fingerprint density at radius 3 is 1.01 bits per heavy atom. The van der Waals surface area contributed by atoms with Gasteiger partial charge < -0.3 is 0 Å². The first-order valence-corrected chi connectivity index (χ1v) is 44.8. The van der Waals surface area contributed by atoms with E-state index < -0.39 is 21.7 Å². The van der Waals surface area contributed by atoms with Crippen LogP contribution in [0, 0.1) is 51.0 Å². The van der Waals surface area contributed by atoms with E-state index in [4.69, 9.17) is 0 Å². The number of halogens is 6. The molecule has 10 aromatic rings. The third-order valence-electron chi connectivity index (χ3n) is 16.9. The summed E-state index contributed by atoms with van der Waals surface area (Å²) in [6.45, 7) is 15.1. The first kappa shape index (κ1) is 75.2. The number of aryl methyl sites for hydroxylation is 4. The van der Waals surface area contributed by atoms with Gasteiger partial charge >= 0.3 is 0 Å². The van der Waals surface area contributed by atoms with Gasteiger partial charge in [-0.25, -0.2) is 17.6 Å². The van der Waals surface area contributed by atoms with Crippen molar-refractivity contribution in [1.82, 2.24) is 9.53 Å². The van der Waals surface area contributed by atoms with E-state index in [-0.39, 0.29) is 44.3 Å². The average molecular weight is 1580 g/mol. The lowest BCUT2D eigenvalue weighted by molar-refractivity contribution is 0.617. The van der Waals surface area contributed by atoms with Crippen molar-refractivity contribution in [3.05, 3.63) is 323 Å². The molecule has 0 amide bonds. The maximum absolute atomic E-state index is 15.6. The van der Waals surface area contributed by atoms with Crippen LogP contribution in [0.4, 0.5) is 17.6 Å². The third-order valence-corrected chi connectivity index (χ3v) is 36.0. The minimum atomic E-state index is -1.41. The van der Waals surface area contributed by atoms with Gasteiger partial charge in [-0.2, -0.15) is 0 Å². The molecule has 2 nitrogen and oxygen atoms in total. The third kappa shape index (κ3) is 20.5. The molecule has 0 spiro atoms. The Bertz CT molecular complexity index is 3620. The highest BCUT2D eigenvalue weighted by molar-refractivity contribution is 14.2. The highest BCUT2D eigenvalue weighted by Crippen LogP contribution is 2.76. The summed E-state index contributed by atoms with van der Waals surface area (Å²) in [4.78, 5) is 0. The molecule has 2 heterocycles. The first-order valence-electron chi connectivity index (χ1n) is 32.4. The lowest BCUT2D eigenvalue weighted by atomic mass is 10.0. The van der Waals surface area contributed by atoms with Crippen molar-refractivity contribution in [3.63, 3.8) is 0 Å². The Kier molecular flexibility index (Phi) is 30.9. The fourth-order valence-electron chi connectivity index (χ4n) is 11.8. The smallest absolute Gasteiger partial charge is 0.132 e. The molecular weight excluding hydrogens is 1490 g/mol. The summed E-state index contributed by atoms with van der Waals surface area (Å²) in [6, 6.07) is 84.9. The zero-order valence-electron chi connectivity index (χ0n) is 54.1. The lowest BCUT2D eigenvalue weighted by Crippen LogP contribution is -2.30. The summed E-state index contributed by atoms with van der Waals surface area (Å²) in [5.41, 5.74) is 11.9. The molecule has 0 saturated carbocycles. The molecule has 0 aliphatic carbocycles. The lowest BCUT2D eigenvalue weighted by Gasteiger charge is -2.42. The van der Waals surface area contributed by atoms with Gasteiger partial charge in [0.1, 0.15) is 23.3 Å². The van der Waals surface area contributed by atoms with Gasteiger partial charge in [0.2, 0.25) is 0 Å². The number of nitrogens with zero attached hydrogens (tertiary/aromatic N) is 1. The van der Waals surface area contributed by atoms with Crippen LogP contribution in [0.3, 0.4) is 0 Å². The first-order chi connectivity index (χ1) is 45.2. The fourth-order valence-corrected chi connectivity index (χ4v) is 29.1. The van der Waals surface area contributed by atoms with Crippen molar-refractivity contribution in [2.45, 2.75) is 123 Å². The molecule has 2 aliphatic heterocycles. The average Bonchev–Trinajstić information content (AvgIpc) is 1.44. The molecule has 2 aliphatic rings. The highest BCUT2D eigenvalue weighted by Gasteiger charge is 2.45. The van der Waals surface area contributed by atoms with Gasteiger partial charge in [0.25, 0.3) is 0 Å². The molecule has 1 N–H and O–H groups in total. The van der Waals surface area contributed by atoms with Crippen LogP contribution in [0.1, 0.15) is 140 Å². The molecule has 2 saturated heterocycles. The van der Waals surface area contributed by atoms with E-state index in [1.807, 2.05) is 24.3 Å². The summed E-state index contributed by atoms with van der Waals surface area (Å²) >= 11 is 4.65. The maximum atomic E-state index is 15.6. The standard InChI is InChI=1S/C34H37F2NP2.C22H30NP.C12H8F2IP.C12H10IP.CH4/c1-4-5-24-37(39(33-12-8-6-10-29(33)35)34-13-9-7-11-30(34)36)38-31(27-18-14-25(2)15-19-27)22-23-32(38)28-20-16-26(3)17-21-28;1-4-5-16-23-24-21(19-10-6-17(2)7-11-19)14-15-22(24)20-12-8-18(3)9-13-20;13-9-5-1-3-7-11(9)16(15)12-8-4-2-6-10(12)14;13-14(11-7-3-1-4-8-11)12-9-5-2-6-10-12;/h6-21,31-32H,4-5,22-24H2,1-3H3;6-13,21-23H,4-5,14-16H2,1-3H3;1-8H;1-10H;1H4/t31-,32-;21-,22-;;;/m00.../s1. The monoisotopic (exact) mass is 1570 g/mol. The van der Waals surface area contributed by atoms with Crippen LogP contribution in [0.5, 0.6) is 0 Å². The van der Waals surface area contributed by atoms with E-state index in [9.17, 15) is 8.78 Å². The molecule has 94 heavy (non-hydrogen) atoms. The Labute approximate surface area is 591 Å². The molecule has 4 atom stereocenters. The van der Waals surface area contributed by atoms with E-state index in [1.54, 1.807) is 48.5 Å². The van der Waals surface area contributed by atoms with Gasteiger partial charge in [-0.05, 0) is 202 Å². The molecule has 0 aromatic heterocycles. The van der Waals surface area contributed by atoms with Crippen molar-refractivity contribution < 1.29 is 17.6 Å². The second kappa shape index (κ2) is 38.6. The molecule has 13 heteroatoms. The predicted molar refractivity (Wildman–Crippen MR) is 424 cm³/mol. The Morgan fingerprint density at radius 2 is 0.681 bits per heavy atom. The second-order valence-electron chi connectivity index (χ2n) is 23.7. The summed E-state index contributed by atoms with van der Waals surface area (Å²) in [5.74, 6) is -1.04. The van der Waals surface area contributed by atoms with Crippen LogP contribution in [-0.4, -0.2) is 17.5 Å². The zero-order chi connectivity index (χ0) is 65.6. The van der Waals surface area contributed by atoms with Crippen molar-refractivity contribution in [1.29, 1.82) is 0 Å². The minimum Gasteiger partial charge on any atom is -0.295 e. The number of nitrogens with one attached hydrogen (secondary N) is 1. The van der Waals surface area contributed by atoms with Crippen molar-refractivity contribution >= 4 is 111 Å². The number of unbranched alkanes of at least 4 members (excludes halogenated alkanes) is 2. The second-order valence-corrected chi connectivity index (χ2v) is 39.9. The van der Waals surface area contributed by atoms with Gasteiger partial charge in [0, 0.05) is 69.6 Å². The van der Waals surface area contributed by atoms with Crippen LogP contribution in [-0.2, 0) is 0 Å². The maximum Gasteiger partial charge on any atom is 0.132 e. The summed E-state index contributed by atoms with van der Waals surface area (Å²) in [5, 5.41) is 9.21. The molecule has 0 bridgehead atoms. The van der Waals surface area contributed by atoms with Crippen LogP contribution < -0.4 is 36.9 Å². The quantitative estimate of drug-likeness (QED) is 0.0376. The van der Waals surface area contributed by atoms with E-state index in [1.165, 1.54) is 105 Å². The van der Waals surface area contributed by atoms with Crippen LogP contribution in [0.2, 0.25) is 0 Å². The van der Waals surface area contributed by atoms with Crippen molar-refractivity contribution in [3.8, 4) is 0 Å². The topological polar surface area (TPSA) is 15.3 Å². The Hall–Kier alpha value is -4.55. The SMILES string of the molecule is C.CCCCN(P(c1ccccc1F)c1ccccc1F)P1[C@H](c2ccc(C)cc2)CC[C@H]1c1ccc(C)cc1.CCCCNP1[C@H](c2ccc(C)cc2)CC[C@H]1c1ccc(C)cc1.Fc1ccccc1P(I)c1ccccc1F.IP(c1ccccc1)c1ccccc1.